The number of ketones is 1. The maximum Gasteiger partial charge on any atom is 0.195 e. The van der Waals surface area contributed by atoms with E-state index < -0.39 is 0 Å². The van der Waals surface area contributed by atoms with Gasteiger partial charge in [0.2, 0.25) is 0 Å². The van der Waals surface area contributed by atoms with Gasteiger partial charge in [0.25, 0.3) is 0 Å². The fourth-order valence-electron chi connectivity index (χ4n) is 2.62. The van der Waals surface area contributed by atoms with Gasteiger partial charge in [0, 0.05) is 22.7 Å². The van der Waals surface area contributed by atoms with Crippen LogP contribution in [0.4, 0.5) is 0 Å². The van der Waals surface area contributed by atoms with Crippen LogP contribution in [0.3, 0.4) is 0 Å². The van der Waals surface area contributed by atoms with E-state index in [9.17, 15) is 4.79 Å². The van der Waals surface area contributed by atoms with Gasteiger partial charge in [0.1, 0.15) is 5.75 Å². The lowest BCUT2D eigenvalue weighted by Crippen LogP contribution is -2.03. The number of H-pyrrole nitrogens is 1. The van der Waals surface area contributed by atoms with Crippen molar-refractivity contribution in [3.8, 4) is 5.75 Å². The van der Waals surface area contributed by atoms with E-state index in [1.807, 2.05) is 55.5 Å². The summed E-state index contributed by atoms with van der Waals surface area (Å²) in [6, 6.07) is 15.1. The third-order valence-corrected chi connectivity index (χ3v) is 3.70. The number of methoxy groups -OCH3 is 1. The summed E-state index contributed by atoms with van der Waals surface area (Å²) in [5, 5.41) is 0.946. The molecule has 106 valence electrons. The molecule has 3 nitrogen and oxygen atoms in total. The predicted octanol–water partition coefficient (Wildman–Crippen LogP) is 3.97. The number of ether oxygens (including phenoxy) is 1. The van der Waals surface area contributed by atoms with E-state index in [0.29, 0.717) is 5.56 Å². The minimum Gasteiger partial charge on any atom is -0.497 e. The molecule has 0 saturated carbocycles. The molecule has 0 aliphatic heterocycles. The topological polar surface area (TPSA) is 42.1 Å². The van der Waals surface area contributed by atoms with Crippen LogP contribution in [-0.4, -0.2) is 17.9 Å². The highest BCUT2D eigenvalue weighted by molar-refractivity contribution is 6.17. The number of fused-ring (bicyclic) bond motifs is 1. The minimum atomic E-state index is 0.0591. The highest BCUT2D eigenvalue weighted by atomic mass is 16.5. The molecule has 3 aromatic rings. The zero-order valence-electron chi connectivity index (χ0n) is 12.1. The number of carbonyl (C=O) groups is 1. The summed E-state index contributed by atoms with van der Waals surface area (Å²) in [7, 11) is 1.64. The molecule has 0 amide bonds. The van der Waals surface area contributed by atoms with Crippen LogP contribution in [-0.2, 0) is 6.42 Å². The minimum absolute atomic E-state index is 0.0591. The number of benzene rings is 2. The van der Waals surface area contributed by atoms with Crippen LogP contribution < -0.4 is 4.74 Å². The van der Waals surface area contributed by atoms with E-state index in [4.69, 9.17) is 4.74 Å². The number of nitrogens with one attached hydrogen (secondary N) is 1. The summed E-state index contributed by atoms with van der Waals surface area (Å²) in [5.74, 6) is 0.842. The van der Waals surface area contributed by atoms with Crippen molar-refractivity contribution in [1.82, 2.24) is 4.98 Å². The molecule has 0 aliphatic carbocycles. The molecule has 1 heterocycles. The number of aromatic amines is 1. The lowest BCUT2D eigenvalue weighted by atomic mass is 9.99. The van der Waals surface area contributed by atoms with Gasteiger partial charge in [-0.25, -0.2) is 0 Å². The second-order valence-electron chi connectivity index (χ2n) is 4.94. The van der Waals surface area contributed by atoms with E-state index in [-0.39, 0.29) is 5.78 Å². The smallest absolute Gasteiger partial charge is 0.195 e. The fourth-order valence-corrected chi connectivity index (χ4v) is 2.62. The molecule has 21 heavy (non-hydrogen) atoms. The van der Waals surface area contributed by atoms with Crippen LogP contribution in [0.1, 0.15) is 28.5 Å². The number of hydrogen-bond acceptors (Lipinski definition) is 2. The highest BCUT2D eigenvalue weighted by Crippen LogP contribution is 2.28. The predicted molar refractivity (Wildman–Crippen MR) is 84.1 cm³/mol. The SMILES string of the molecule is CCc1[nH]c2cc(OC)ccc2c1C(=O)c1ccccc1. The third kappa shape index (κ3) is 2.31. The molecule has 2 aromatic carbocycles. The van der Waals surface area contributed by atoms with Crippen LogP contribution in [0, 0.1) is 0 Å². The molecular weight excluding hydrogens is 262 g/mol. The number of rotatable bonds is 4. The van der Waals surface area contributed by atoms with Crippen LogP contribution in [0.15, 0.2) is 48.5 Å². The van der Waals surface area contributed by atoms with Crippen molar-refractivity contribution < 1.29 is 9.53 Å². The van der Waals surface area contributed by atoms with Crippen LogP contribution >= 0.6 is 0 Å². The number of aromatic nitrogens is 1. The Hall–Kier alpha value is -2.55. The Bertz CT molecular complexity index is 788. The monoisotopic (exact) mass is 279 g/mol. The molecule has 1 N–H and O–H groups in total. The van der Waals surface area contributed by atoms with Gasteiger partial charge in [-0.1, -0.05) is 37.3 Å². The van der Waals surface area contributed by atoms with Crippen molar-refractivity contribution in [2.45, 2.75) is 13.3 Å². The Kier molecular flexibility index (Phi) is 3.48. The van der Waals surface area contributed by atoms with Crippen molar-refractivity contribution in [1.29, 1.82) is 0 Å². The molecule has 0 aliphatic rings. The molecule has 0 unspecified atom stereocenters. The maximum absolute atomic E-state index is 12.8. The standard InChI is InChI=1S/C18H17NO2/c1-3-15-17(18(20)12-7-5-4-6-8-12)14-10-9-13(21-2)11-16(14)19-15/h4-11,19H,3H2,1-2H3. The first-order chi connectivity index (χ1) is 10.2. The van der Waals surface area contributed by atoms with Gasteiger partial charge < -0.3 is 9.72 Å². The lowest BCUT2D eigenvalue weighted by Gasteiger charge is -2.03. The van der Waals surface area contributed by atoms with Crippen LogP contribution in [0.5, 0.6) is 5.75 Å². The van der Waals surface area contributed by atoms with E-state index in [0.717, 1.165) is 34.3 Å². The van der Waals surface area contributed by atoms with E-state index >= 15 is 0 Å². The fraction of sp³-hybridized carbons (Fsp3) is 0.167. The summed E-state index contributed by atoms with van der Waals surface area (Å²) in [4.78, 5) is 16.1. The normalized spacial score (nSPS) is 10.8. The molecule has 0 spiro atoms. The highest BCUT2D eigenvalue weighted by Gasteiger charge is 2.19. The molecule has 0 atom stereocenters. The first kappa shape index (κ1) is 13.4. The molecule has 0 fully saturated rings. The van der Waals surface area contributed by atoms with Crippen LogP contribution in [0.25, 0.3) is 10.9 Å². The first-order valence-corrected chi connectivity index (χ1v) is 7.03. The molecule has 3 rings (SSSR count). The van der Waals surface area contributed by atoms with Crippen molar-refractivity contribution in [2.75, 3.05) is 7.11 Å². The first-order valence-electron chi connectivity index (χ1n) is 7.03. The second-order valence-corrected chi connectivity index (χ2v) is 4.94. The van der Waals surface area contributed by atoms with Crippen molar-refractivity contribution in [2.24, 2.45) is 0 Å². The van der Waals surface area contributed by atoms with Gasteiger partial charge in [0.15, 0.2) is 5.78 Å². The largest absolute Gasteiger partial charge is 0.497 e. The Morgan fingerprint density at radius 3 is 2.57 bits per heavy atom. The van der Waals surface area contributed by atoms with Gasteiger partial charge in [-0.05, 0) is 18.6 Å². The average molecular weight is 279 g/mol. The summed E-state index contributed by atoms with van der Waals surface area (Å²) in [6.45, 7) is 2.05. The van der Waals surface area contributed by atoms with E-state index in [1.165, 1.54) is 0 Å². The van der Waals surface area contributed by atoms with Gasteiger partial charge in [-0.15, -0.1) is 0 Å². The summed E-state index contributed by atoms with van der Waals surface area (Å²) < 4.78 is 5.25. The van der Waals surface area contributed by atoms with Gasteiger partial charge >= 0.3 is 0 Å². The average Bonchev–Trinajstić information content (AvgIpc) is 2.92. The second kappa shape index (κ2) is 5.44. The van der Waals surface area contributed by atoms with Crippen molar-refractivity contribution in [3.63, 3.8) is 0 Å². The van der Waals surface area contributed by atoms with Crippen molar-refractivity contribution >= 4 is 16.7 Å². The van der Waals surface area contributed by atoms with Crippen LogP contribution in [0.2, 0.25) is 0 Å². The lowest BCUT2D eigenvalue weighted by molar-refractivity contribution is 0.103. The molecule has 0 bridgehead atoms. The molecule has 0 radical (unpaired) electrons. The molecule has 3 heteroatoms. The quantitative estimate of drug-likeness (QED) is 0.734. The Morgan fingerprint density at radius 2 is 1.90 bits per heavy atom. The molecular formula is C18H17NO2. The Labute approximate surface area is 123 Å². The van der Waals surface area contributed by atoms with Gasteiger partial charge in [-0.3, -0.25) is 4.79 Å². The number of carbonyl (C=O) groups excluding carboxylic acids is 1. The van der Waals surface area contributed by atoms with E-state index in [1.54, 1.807) is 7.11 Å². The van der Waals surface area contributed by atoms with Crippen molar-refractivity contribution in [3.05, 3.63) is 65.4 Å². The Balaban J connectivity index is 2.19. The summed E-state index contributed by atoms with van der Waals surface area (Å²) in [6.07, 6.45) is 0.783. The Morgan fingerprint density at radius 1 is 1.14 bits per heavy atom. The zero-order valence-corrected chi connectivity index (χ0v) is 12.1. The number of hydrogen-bond donors (Lipinski definition) is 1. The number of aryl methyl sites for hydroxylation is 1. The zero-order chi connectivity index (χ0) is 14.8. The third-order valence-electron chi connectivity index (χ3n) is 3.70. The maximum atomic E-state index is 12.8. The molecule has 1 aromatic heterocycles. The summed E-state index contributed by atoms with van der Waals surface area (Å²) in [5.41, 5.74) is 3.38. The van der Waals surface area contributed by atoms with Gasteiger partial charge in [-0.2, -0.15) is 0 Å². The van der Waals surface area contributed by atoms with E-state index in [2.05, 4.69) is 4.98 Å². The molecule has 0 saturated heterocycles. The van der Waals surface area contributed by atoms with Gasteiger partial charge in [0.05, 0.1) is 18.2 Å². The summed E-state index contributed by atoms with van der Waals surface area (Å²) >= 11 is 0.